The normalized spacial score (nSPS) is 20.6. The van der Waals surface area contributed by atoms with Gasteiger partial charge in [0, 0.05) is 50.7 Å². The Hall–Kier alpha value is -2.61. The average Bonchev–Trinajstić information content (AvgIpc) is 3.41. The third-order valence-electron chi connectivity index (χ3n) is 8.18. The van der Waals surface area contributed by atoms with Gasteiger partial charge in [-0.3, -0.25) is 9.69 Å². The van der Waals surface area contributed by atoms with E-state index in [1.807, 2.05) is 42.2 Å². The Balaban J connectivity index is 1.31. The highest BCUT2D eigenvalue weighted by molar-refractivity contribution is 5.96. The fourth-order valence-electron chi connectivity index (χ4n) is 6.03. The van der Waals surface area contributed by atoms with Crippen LogP contribution in [0.5, 0.6) is 5.75 Å². The number of carbonyl (C=O) groups excluding carboxylic acids is 1. The van der Waals surface area contributed by atoms with Crippen LogP contribution in [0.2, 0.25) is 0 Å². The number of hydrogen-bond donors (Lipinski definition) is 0. The molecule has 0 aromatic heterocycles. The van der Waals surface area contributed by atoms with Crippen LogP contribution in [-0.2, 0) is 20.1 Å². The molecule has 3 aliphatic rings. The SMILES string of the molecule is COc1ccccc1N1CCN(CCN(C(=O)C2CCCCC2)c2ccccc2C2(C)OCCO2)CC1. The van der Waals surface area contributed by atoms with E-state index in [9.17, 15) is 4.79 Å². The Morgan fingerprint density at radius 3 is 2.38 bits per heavy atom. The summed E-state index contributed by atoms with van der Waals surface area (Å²) < 4.78 is 17.6. The number of rotatable bonds is 8. The van der Waals surface area contributed by atoms with E-state index in [0.29, 0.717) is 19.8 Å². The minimum atomic E-state index is -0.817. The minimum Gasteiger partial charge on any atom is -0.495 e. The van der Waals surface area contributed by atoms with E-state index in [-0.39, 0.29) is 11.8 Å². The molecule has 200 valence electrons. The highest BCUT2D eigenvalue weighted by Crippen LogP contribution is 2.38. The molecule has 1 amide bonds. The number of carbonyl (C=O) groups is 1. The molecule has 7 nitrogen and oxygen atoms in total. The summed E-state index contributed by atoms with van der Waals surface area (Å²) in [6.45, 7) is 8.39. The van der Waals surface area contributed by atoms with Crippen LogP contribution < -0.4 is 14.5 Å². The molecular formula is C30H41N3O4. The quantitative estimate of drug-likeness (QED) is 0.519. The van der Waals surface area contributed by atoms with Crippen LogP contribution in [0.25, 0.3) is 0 Å². The van der Waals surface area contributed by atoms with E-state index in [0.717, 1.165) is 81.1 Å². The highest BCUT2D eigenvalue weighted by atomic mass is 16.7. The number of hydrogen-bond acceptors (Lipinski definition) is 6. The predicted molar refractivity (Wildman–Crippen MR) is 146 cm³/mol. The molecule has 2 aliphatic heterocycles. The molecule has 3 fully saturated rings. The van der Waals surface area contributed by atoms with Gasteiger partial charge in [-0.25, -0.2) is 0 Å². The number of piperazine rings is 1. The lowest BCUT2D eigenvalue weighted by atomic mass is 9.88. The Bertz CT molecular complexity index is 1040. The summed E-state index contributed by atoms with van der Waals surface area (Å²) in [4.78, 5) is 20.9. The molecule has 0 N–H and O–H groups in total. The molecule has 37 heavy (non-hydrogen) atoms. The van der Waals surface area contributed by atoms with Crippen LogP contribution in [0.15, 0.2) is 48.5 Å². The first kappa shape index (κ1) is 26.0. The van der Waals surface area contributed by atoms with Gasteiger partial charge in [0.25, 0.3) is 0 Å². The molecule has 7 heteroatoms. The Kier molecular flexibility index (Phi) is 8.33. The number of nitrogens with zero attached hydrogens (tertiary/aromatic N) is 3. The van der Waals surface area contributed by atoms with Crippen molar-refractivity contribution in [2.45, 2.75) is 44.8 Å². The van der Waals surface area contributed by atoms with E-state index in [1.165, 1.54) is 6.42 Å². The van der Waals surface area contributed by atoms with Gasteiger partial charge in [-0.15, -0.1) is 0 Å². The van der Waals surface area contributed by atoms with Gasteiger partial charge >= 0.3 is 0 Å². The summed E-state index contributed by atoms with van der Waals surface area (Å²) >= 11 is 0. The van der Waals surface area contributed by atoms with Gasteiger partial charge in [0.05, 0.1) is 31.7 Å². The van der Waals surface area contributed by atoms with Gasteiger partial charge in [-0.2, -0.15) is 0 Å². The third-order valence-corrected chi connectivity index (χ3v) is 8.18. The summed E-state index contributed by atoms with van der Waals surface area (Å²) in [6, 6.07) is 16.4. The Morgan fingerprint density at radius 1 is 0.973 bits per heavy atom. The summed E-state index contributed by atoms with van der Waals surface area (Å²) in [5.74, 6) is 0.452. The summed E-state index contributed by atoms with van der Waals surface area (Å²) in [6.07, 6.45) is 5.48. The predicted octanol–water partition coefficient (Wildman–Crippen LogP) is 4.65. The van der Waals surface area contributed by atoms with Gasteiger partial charge in [-0.1, -0.05) is 49.6 Å². The van der Waals surface area contributed by atoms with Gasteiger partial charge < -0.3 is 24.0 Å². The second kappa shape index (κ2) is 11.8. The number of benzene rings is 2. The summed E-state index contributed by atoms with van der Waals surface area (Å²) in [5, 5.41) is 0. The largest absolute Gasteiger partial charge is 0.495 e. The summed E-state index contributed by atoms with van der Waals surface area (Å²) in [5.41, 5.74) is 3.02. The first-order valence-corrected chi connectivity index (χ1v) is 13.9. The molecule has 0 bridgehead atoms. The zero-order chi connectivity index (χ0) is 25.7. The zero-order valence-electron chi connectivity index (χ0n) is 22.4. The molecule has 0 atom stereocenters. The van der Waals surface area contributed by atoms with Crippen LogP contribution in [0.3, 0.4) is 0 Å². The van der Waals surface area contributed by atoms with Crippen molar-refractivity contribution in [2.75, 3.05) is 69.4 Å². The van der Waals surface area contributed by atoms with Gasteiger partial charge in [0.15, 0.2) is 5.79 Å². The summed E-state index contributed by atoms with van der Waals surface area (Å²) in [7, 11) is 1.73. The lowest BCUT2D eigenvalue weighted by Gasteiger charge is -2.38. The molecule has 2 aromatic rings. The van der Waals surface area contributed by atoms with Crippen LogP contribution in [0.4, 0.5) is 11.4 Å². The maximum Gasteiger partial charge on any atom is 0.230 e. The smallest absolute Gasteiger partial charge is 0.230 e. The molecule has 2 saturated heterocycles. The number of amides is 1. The van der Waals surface area contributed by atoms with E-state index in [4.69, 9.17) is 14.2 Å². The van der Waals surface area contributed by atoms with E-state index in [1.54, 1.807) is 7.11 Å². The van der Waals surface area contributed by atoms with Crippen molar-refractivity contribution >= 4 is 17.3 Å². The second-order valence-electron chi connectivity index (χ2n) is 10.5. The zero-order valence-corrected chi connectivity index (χ0v) is 22.4. The first-order valence-electron chi connectivity index (χ1n) is 13.9. The number of methoxy groups -OCH3 is 1. The fourth-order valence-corrected chi connectivity index (χ4v) is 6.03. The van der Waals surface area contributed by atoms with E-state index >= 15 is 0 Å². The minimum absolute atomic E-state index is 0.0995. The van der Waals surface area contributed by atoms with Crippen molar-refractivity contribution in [3.63, 3.8) is 0 Å². The highest BCUT2D eigenvalue weighted by Gasteiger charge is 2.38. The Morgan fingerprint density at radius 2 is 1.65 bits per heavy atom. The Labute approximate surface area is 221 Å². The molecule has 0 spiro atoms. The monoisotopic (exact) mass is 507 g/mol. The van der Waals surface area contributed by atoms with Crippen LogP contribution >= 0.6 is 0 Å². The van der Waals surface area contributed by atoms with Gasteiger partial charge in [0.1, 0.15) is 5.75 Å². The molecule has 1 aliphatic carbocycles. The fraction of sp³-hybridized carbons (Fsp3) is 0.567. The van der Waals surface area contributed by atoms with Crippen LogP contribution in [0, 0.1) is 5.92 Å². The first-order chi connectivity index (χ1) is 18.1. The molecule has 0 radical (unpaired) electrons. The maximum atomic E-state index is 14.0. The van der Waals surface area contributed by atoms with Crippen LogP contribution in [-0.4, -0.2) is 70.4 Å². The van der Waals surface area contributed by atoms with Crippen molar-refractivity contribution < 1.29 is 19.0 Å². The standard InChI is InChI=1S/C30H41N3O4/c1-30(36-22-23-37-30)25-12-6-7-13-26(25)33(29(34)24-10-4-3-5-11-24)21-18-31-16-19-32(20-17-31)27-14-8-9-15-28(27)35-2/h6-9,12-15,24H,3-5,10-11,16-23H2,1-2H3. The van der Waals surface area contributed by atoms with Crippen LogP contribution in [0.1, 0.15) is 44.6 Å². The molecule has 0 unspecified atom stereocenters. The third kappa shape index (κ3) is 5.79. The molecule has 2 aromatic carbocycles. The van der Waals surface area contributed by atoms with Gasteiger partial charge in [-0.05, 0) is 38.0 Å². The second-order valence-corrected chi connectivity index (χ2v) is 10.5. The van der Waals surface area contributed by atoms with Crippen molar-refractivity contribution in [3.05, 3.63) is 54.1 Å². The molecular weight excluding hydrogens is 466 g/mol. The van der Waals surface area contributed by atoms with Crippen molar-refractivity contribution in [2.24, 2.45) is 5.92 Å². The lowest BCUT2D eigenvalue weighted by molar-refractivity contribution is -0.149. The van der Waals surface area contributed by atoms with Gasteiger partial charge in [0.2, 0.25) is 5.91 Å². The van der Waals surface area contributed by atoms with Crippen molar-refractivity contribution in [3.8, 4) is 5.75 Å². The number of ether oxygens (including phenoxy) is 3. The lowest BCUT2D eigenvalue weighted by Crippen LogP contribution is -2.50. The van der Waals surface area contributed by atoms with Crippen molar-refractivity contribution in [1.29, 1.82) is 0 Å². The van der Waals surface area contributed by atoms with E-state index in [2.05, 4.69) is 28.0 Å². The molecule has 1 saturated carbocycles. The van der Waals surface area contributed by atoms with E-state index < -0.39 is 5.79 Å². The number of anilines is 2. The van der Waals surface area contributed by atoms with Crippen molar-refractivity contribution in [1.82, 2.24) is 4.90 Å². The maximum absolute atomic E-state index is 14.0. The molecule has 5 rings (SSSR count). The number of para-hydroxylation sites is 3. The molecule has 2 heterocycles. The topological polar surface area (TPSA) is 54.5 Å². The average molecular weight is 508 g/mol.